The summed E-state index contributed by atoms with van der Waals surface area (Å²) in [5.74, 6) is -0.555. The molecule has 0 aliphatic carbocycles. The van der Waals surface area contributed by atoms with Gasteiger partial charge in [-0.2, -0.15) is 0 Å². The van der Waals surface area contributed by atoms with Crippen LogP contribution in [0.15, 0.2) is 59.8 Å². The highest BCUT2D eigenvalue weighted by atomic mass is 16.6. The molecule has 0 spiro atoms. The number of nitrogens with zero attached hydrogens (tertiary/aromatic N) is 4. The number of aromatic nitrogens is 2. The smallest absolute Gasteiger partial charge is 0.325 e. The molecule has 252 valence electrons. The van der Waals surface area contributed by atoms with Crippen molar-refractivity contribution in [2.24, 2.45) is 5.73 Å². The van der Waals surface area contributed by atoms with Gasteiger partial charge in [-0.05, 0) is 25.3 Å². The number of ether oxygens (including phenoxy) is 5. The summed E-state index contributed by atoms with van der Waals surface area (Å²) in [6.07, 6.45) is 10.0. The molecule has 4 rings (SSSR count). The Bertz CT molecular complexity index is 1360. The third-order valence-electron chi connectivity index (χ3n) is 7.15. The maximum absolute atomic E-state index is 11.8. The van der Waals surface area contributed by atoms with Crippen LogP contribution in [-0.4, -0.2) is 108 Å². The van der Waals surface area contributed by atoms with Crippen LogP contribution in [0.2, 0.25) is 0 Å². The molecule has 46 heavy (non-hydrogen) atoms. The minimum Gasteiger partial charge on any atom is -0.468 e. The Balaban J connectivity index is 0.000000297. The average molecular weight is 642 g/mol. The maximum Gasteiger partial charge on any atom is 0.325 e. The molecule has 0 bridgehead atoms. The number of anilines is 2. The van der Waals surface area contributed by atoms with Crippen LogP contribution in [0, 0.1) is 0 Å². The number of nitrogens with two attached hydrogens (primary N) is 1. The molecule has 0 unspecified atom stereocenters. The predicted octanol–water partition coefficient (Wildman–Crippen LogP) is 2.23. The molecular weight excluding hydrogens is 594 g/mol. The molecule has 1 aliphatic rings. The van der Waals surface area contributed by atoms with Crippen molar-refractivity contribution in [3.05, 3.63) is 65.3 Å². The van der Waals surface area contributed by atoms with Gasteiger partial charge in [0, 0.05) is 55.4 Å². The lowest BCUT2D eigenvalue weighted by Gasteiger charge is -2.29. The van der Waals surface area contributed by atoms with E-state index in [1.165, 1.54) is 83.7 Å². The van der Waals surface area contributed by atoms with Gasteiger partial charge in [-0.1, -0.05) is 24.3 Å². The summed E-state index contributed by atoms with van der Waals surface area (Å²) >= 11 is 0. The second-order valence-corrected chi connectivity index (χ2v) is 10.4. The van der Waals surface area contributed by atoms with E-state index in [0.29, 0.717) is 64.9 Å². The number of piperidine rings is 1. The summed E-state index contributed by atoms with van der Waals surface area (Å²) < 4.78 is 27.1. The van der Waals surface area contributed by atoms with E-state index in [2.05, 4.69) is 38.9 Å². The highest BCUT2D eigenvalue weighted by Gasteiger charge is 2.13. The number of benzene rings is 1. The third kappa shape index (κ3) is 12.9. The summed E-state index contributed by atoms with van der Waals surface area (Å²) in [4.78, 5) is 42.8. The highest BCUT2D eigenvalue weighted by molar-refractivity contribution is 5.93. The van der Waals surface area contributed by atoms with E-state index < -0.39 is 5.97 Å². The molecule has 1 aromatic carbocycles. The lowest BCUT2D eigenvalue weighted by Crippen LogP contribution is -2.29. The maximum atomic E-state index is 11.8. The van der Waals surface area contributed by atoms with Gasteiger partial charge >= 0.3 is 5.97 Å². The van der Waals surface area contributed by atoms with E-state index in [4.69, 9.17) is 24.7 Å². The summed E-state index contributed by atoms with van der Waals surface area (Å²) in [5, 5.41) is 2.57. The van der Waals surface area contributed by atoms with E-state index in [0.717, 1.165) is 0 Å². The van der Waals surface area contributed by atoms with Crippen molar-refractivity contribution in [1.82, 2.24) is 9.55 Å². The zero-order valence-corrected chi connectivity index (χ0v) is 26.7. The van der Waals surface area contributed by atoms with Gasteiger partial charge in [0.15, 0.2) is 0 Å². The second kappa shape index (κ2) is 21.8. The van der Waals surface area contributed by atoms with Crippen LogP contribution >= 0.6 is 0 Å². The zero-order valence-electron chi connectivity index (χ0n) is 26.7. The Hall–Kier alpha value is -3.88. The van der Waals surface area contributed by atoms with Crippen molar-refractivity contribution in [2.75, 3.05) is 95.9 Å². The Morgan fingerprint density at radius 1 is 0.891 bits per heavy atom. The van der Waals surface area contributed by atoms with Gasteiger partial charge in [0.2, 0.25) is 6.41 Å². The first-order chi connectivity index (χ1) is 22.6. The number of carbonyl (C=O) groups excluding carboxylic acids is 2. The Labute approximate surface area is 270 Å². The molecule has 13 nitrogen and oxygen atoms in total. The molecule has 1 saturated heterocycles. The van der Waals surface area contributed by atoms with Crippen molar-refractivity contribution in [3.8, 4) is 0 Å². The lowest BCUT2D eigenvalue weighted by molar-refractivity contribution is -0.141. The molecular formula is C33H47N5O8. The molecule has 1 amide bonds. The number of fused-ring (bicyclic) bond motifs is 1. The van der Waals surface area contributed by atoms with Crippen LogP contribution in [0.25, 0.3) is 10.8 Å². The second-order valence-electron chi connectivity index (χ2n) is 10.4. The number of rotatable bonds is 19. The standard InChI is InChI=1S/C19H31N3O8.C14H16N2/c1-26-19(25)15-22-14-17(2-3-18(22)24)21(16-23)5-7-28-9-11-30-13-12-29-10-8-27-6-4-20;1-4-8-16(9-5-1)14-11-15-10-12-6-2-3-7-13(12)14/h2-3,14,16H,4-13,15,20H2,1H3;2-3,6-7,10-11H,1,4-5,8-9H2. The topological polar surface area (TPSA) is 148 Å². The van der Waals surface area contributed by atoms with Gasteiger partial charge < -0.3 is 43.8 Å². The molecule has 0 atom stereocenters. The SMILES string of the molecule is COC(=O)Cn1cc(N(C=O)CCOCCOCCOCCOCCN)ccc1=O.c1ccc2c(N3CCCCC3)cncc2c1. The first-order valence-corrected chi connectivity index (χ1v) is 15.7. The van der Waals surface area contributed by atoms with Crippen molar-refractivity contribution in [2.45, 2.75) is 25.8 Å². The zero-order chi connectivity index (χ0) is 32.8. The number of methoxy groups -OCH3 is 1. The summed E-state index contributed by atoms with van der Waals surface area (Å²) in [5.41, 5.74) is 6.71. The van der Waals surface area contributed by atoms with Gasteiger partial charge in [0.05, 0.1) is 77.5 Å². The largest absolute Gasteiger partial charge is 0.468 e. The summed E-state index contributed by atoms with van der Waals surface area (Å²) in [6, 6.07) is 11.3. The van der Waals surface area contributed by atoms with Crippen molar-refractivity contribution in [3.63, 3.8) is 0 Å². The van der Waals surface area contributed by atoms with E-state index in [-0.39, 0.29) is 25.3 Å². The van der Waals surface area contributed by atoms with Crippen LogP contribution in [0.5, 0.6) is 0 Å². The first kappa shape index (κ1) is 36.6. The third-order valence-corrected chi connectivity index (χ3v) is 7.15. The van der Waals surface area contributed by atoms with Crippen molar-refractivity contribution >= 4 is 34.5 Å². The van der Waals surface area contributed by atoms with Gasteiger partial charge in [0.25, 0.3) is 5.56 Å². The fraction of sp³-hybridized carbons (Fsp3) is 0.515. The predicted molar refractivity (Wildman–Crippen MR) is 176 cm³/mol. The summed E-state index contributed by atoms with van der Waals surface area (Å²) in [7, 11) is 1.24. The van der Waals surface area contributed by atoms with Crippen LogP contribution in [0.4, 0.5) is 11.4 Å². The Morgan fingerprint density at radius 2 is 1.54 bits per heavy atom. The normalized spacial score (nSPS) is 12.8. The van der Waals surface area contributed by atoms with Gasteiger partial charge in [-0.15, -0.1) is 0 Å². The lowest BCUT2D eigenvalue weighted by atomic mass is 10.1. The number of esters is 1. The molecule has 2 N–H and O–H groups in total. The number of hydrogen-bond donors (Lipinski definition) is 1. The van der Waals surface area contributed by atoms with Gasteiger partial charge in [-0.3, -0.25) is 19.4 Å². The molecule has 0 saturated carbocycles. The minimum atomic E-state index is -0.555. The number of carbonyl (C=O) groups is 2. The number of pyridine rings is 2. The van der Waals surface area contributed by atoms with E-state index in [9.17, 15) is 14.4 Å². The van der Waals surface area contributed by atoms with E-state index in [1.807, 2.05) is 12.4 Å². The van der Waals surface area contributed by atoms with E-state index >= 15 is 0 Å². The Morgan fingerprint density at radius 3 is 2.20 bits per heavy atom. The molecule has 13 heteroatoms. The quantitative estimate of drug-likeness (QED) is 0.117. The van der Waals surface area contributed by atoms with Crippen LogP contribution < -0.4 is 21.1 Å². The van der Waals surface area contributed by atoms with E-state index in [1.54, 1.807) is 0 Å². The van der Waals surface area contributed by atoms with Gasteiger partial charge in [0.1, 0.15) is 6.54 Å². The van der Waals surface area contributed by atoms with Crippen LogP contribution in [0.3, 0.4) is 0 Å². The molecule has 3 aromatic rings. The first-order valence-electron chi connectivity index (χ1n) is 15.7. The highest BCUT2D eigenvalue weighted by Crippen LogP contribution is 2.27. The summed E-state index contributed by atoms with van der Waals surface area (Å²) in [6.45, 7) is 6.40. The Kier molecular flexibility index (Phi) is 17.3. The monoisotopic (exact) mass is 641 g/mol. The number of amides is 1. The average Bonchev–Trinajstić information content (AvgIpc) is 3.10. The van der Waals surface area contributed by atoms with Gasteiger partial charge in [-0.25, -0.2) is 0 Å². The molecule has 0 radical (unpaired) electrons. The van der Waals surface area contributed by atoms with Crippen LogP contribution in [0.1, 0.15) is 19.3 Å². The molecule has 2 aromatic heterocycles. The molecule has 1 fully saturated rings. The minimum absolute atomic E-state index is 0.228. The number of hydrogen-bond acceptors (Lipinski definition) is 11. The fourth-order valence-electron chi connectivity index (χ4n) is 4.75. The van der Waals surface area contributed by atoms with Crippen LogP contribution in [-0.2, 0) is 39.8 Å². The van der Waals surface area contributed by atoms with Crippen molar-refractivity contribution in [1.29, 1.82) is 0 Å². The molecule has 1 aliphatic heterocycles. The van der Waals surface area contributed by atoms with Crippen molar-refractivity contribution < 1.29 is 33.3 Å². The fourth-order valence-corrected chi connectivity index (χ4v) is 4.75. The molecule has 3 heterocycles.